The lowest BCUT2D eigenvalue weighted by Gasteiger charge is -2.47. The van der Waals surface area contributed by atoms with Crippen LogP contribution in [-0.4, -0.2) is 53.1 Å². The van der Waals surface area contributed by atoms with Gasteiger partial charge in [-0.05, 0) is 81.7 Å². The number of carbonyl (C=O) groups is 1. The molecule has 1 aliphatic heterocycles. The molecule has 5 atom stereocenters. The third-order valence-electron chi connectivity index (χ3n) is 8.79. The first-order chi connectivity index (χ1) is 17.5. The number of hydrogen-bond donors (Lipinski definition) is 0. The van der Waals surface area contributed by atoms with Crippen LogP contribution in [0.4, 0.5) is 0 Å². The number of carbonyl (C=O) groups excluding carboxylic acids is 1. The molecule has 6 nitrogen and oxygen atoms in total. The Kier molecular flexibility index (Phi) is 12.1. The molecule has 0 saturated heterocycles. The Morgan fingerprint density at radius 3 is 2.30 bits per heavy atom. The Labute approximate surface area is 226 Å². The summed E-state index contributed by atoms with van der Waals surface area (Å²) in [6.07, 6.45) is 9.11. The van der Waals surface area contributed by atoms with Gasteiger partial charge in [0.15, 0.2) is 14.6 Å². The molecule has 1 aliphatic carbocycles. The second-order valence-corrected chi connectivity index (χ2v) is 15.8. The topological polar surface area (TPSA) is 63.2 Å². The molecule has 0 bridgehead atoms. The maximum atomic E-state index is 12.1. The van der Waals surface area contributed by atoms with Gasteiger partial charge >= 0.3 is 5.97 Å². The lowest BCUT2D eigenvalue weighted by atomic mass is 9.65. The van der Waals surface area contributed by atoms with Crippen molar-refractivity contribution < 1.29 is 28.2 Å². The molecule has 0 amide bonds. The predicted molar refractivity (Wildman–Crippen MR) is 152 cm³/mol. The van der Waals surface area contributed by atoms with Gasteiger partial charge < -0.3 is 23.4 Å². The Morgan fingerprint density at radius 2 is 1.78 bits per heavy atom. The number of hydrogen-bond acceptors (Lipinski definition) is 6. The minimum atomic E-state index is -1.98. The molecule has 0 N–H and O–H groups in total. The highest BCUT2D eigenvalue weighted by molar-refractivity contribution is 6.73. The van der Waals surface area contributed by atoms with Gasteiger partial charge in [-0.1, -0.05) is 46.3 Å². The molecule has 2 rings (SSSR count). The minimum Gasteiger partial charge on any atom is -0.481 e. The zero-order chi connectivity index (χ0) is 27.8. The van der Waals surface area contributed by atoms with Crippen molar-refractivity contribution in [2.45, 2.75) is 104 Å². The molecule has 37 heavy (non-hydrogen) atoms. The second-order valence-electron chi connectivity index (χ2n) is 11.1. The summed E-state index contributed by atoms with van der Waals surface area (Å²) in [5, 5.41) is 0. The fourth-order valence-corrected chi connectivity index (χ4v) is 9.08. The summed E-state index contributed by atoms with van der Waals surface area (Å²) < 4.78 is 30.6. The number of rotatable bonds is 14. The SMILES string of the molecule is CCOC(=O)/C=C1/C=C[C@@](C)([C@@H](C[C@H]2C(C)=CC[C@H](C(C)C)[C@H]2C(OC)OC)O[Si](CC)(CC)CC)O1. The second kappa shape index (κ2) is 14.1. The largest absolute Gasteiger partial charge is 0.481 e. The van der Waals surface area contributed by atoms with E-state index in [-0.39, 0.29) is 24.2 Å². The van der Waals surface area contributed by atoms with Crippen LogP contribution in [-0.2, 0) is 28.2 Å². The zero-order valence-corrected chi connectivity index (χ0v) is 26.0. The van der Waals surface area contributed by atoms with E-state index >= 15 is 0 Å². The van der Waals surface area contributed by atoms with E-state index in [0.29, 0.717) is 24.2 Å². The molecule has 0 spiro atoms. The van der Waals surface area contributed by atoms with Crippen molar-refractivity contribution in [3.63, 3.8) is 0 Å². The molecular formula is C30H52O6Si. The van der Waals surface area contributed by atoms with Gasteiger partial charge in [-0.3, -0.25) is 0 Å². The number of allylic oxidation sites excluding steroid dienone is 3. The fraction of sp³-hybridized carbons (Fsp3) is 0.767. The fourth-order valence-electron chi connectivity index (χ4n) is 6.15. The van der Waals surface area contributed by atoms with Crippen molar-refractivity contribution in [3.05, 3.63) is 35.6 Å². The van der Waals surface area contributed by atoms with Crippen molar-refractivity contribution >= 4 is 14.3 Å². The van der Waals surface area contributed by atoms with Gasteiger partial charge in [0.2, 0.25) is 0 Å². The van der Waals surface area contributed by atoms with E-state index in [1.807, 2.05) is 6.08 Å². The van der Waals surface area contributed by atoms with Crippen LogP contribution in [0.5, 0.6) is 0 Å². The van der Waals surface area contributed by atoms with Gasteiger partial charge in [-0.15, -0.1) is 0 Å². The van der Waals surface area contributed by atoms with Crippen molar-refractivity contribution in [3.8, 4) is 0 Å². The summed E-state index contributed by atoms with van der Waals surface area (Å²) in [5.74, 6) is 1.49. The highest BCUT2D eigenvalue weighted by Crippen LogP contribution is 2.47. The number of methoxy groups -OCH3 is 2. The molecule has 0 fully saturated rings. The first-order valence-electron chi connectivity index (χ1n) is 14.2. The van der Waals surface area contributed by atoms with Crippen molar-refractivity contribution in [2.24, 2.45) is 23.7 Å². The summed E-state index contributed by atoms with van der Waals surface area (Å²) in [7, 11) is 1.50. The van der Waals surface area contributed by atoms with E-state index in [0.717, 1.165) is 31.0 Å². The first-order valence-corrected chi connectivity index (χ1v) is 16.7. The summed E-state index contributed by atoms with van der Waals surface area (Å²) in [6.45, 7) is 17.8. The van der Waals surface area contributed by atoms with Gasteiger partial charge in [0.25, 0.3) is 0 Å². The van der Waals surface area contributed by atoms with Crippen molar-refractivity contribution in [2.75, 3.05) is 20.8 Å². The van der Waals surface area contributed by atoms with Crippen molar-refractivity contribution in [1.29, 1.82) is 0 Å². The Hall–Kier alpha value is -1.41. The molecule has 1 heterocycles. The lowest BCUT2D eigenvalue weighted by Crippen LogP contribution is -2.51. The van der Waals surface area contributed by atoms with E-state index in [1.54, 1.807) is 21.1 Å². The molecule has 0 unspecified atom stereocenters. The lowest BCUT2D eigenvalue weighted by molar-refractivity contribution is -0.170. The van der Waals surface area contributed by atoms with Crippen LogP contribution in [0.3, 0.4) is 0 Å². The molecule has 2 aliphatic rings. The van der Waals surface area contributed by atoms with Gasteiger partial charge in [0, 0.05) is 20.1 Å². The van der Waals surface area contributed by atoms with Gasteiger partial charge in [-0.25, -0.2) is 4.79 Å². The van der Waals surface area contributed by atoms with Gasteiger partial charge in [0.1, 0.15) is 11.4 Å². The molecule has 7 heteroatoms. The summed E-state index contributed by atoms with van der Waals surface area (Å²) in [5.41, 5.74) is 0.667. The highest BCUT2D eigenvalue weighted by atomic mass is 28.4. The Morgan fingerprint density at radius 1 is 1.16 bits per heavy atom. The summed E-state index contributed by atoms with van der Waals surface area (Å²) >= 11 is 0. The van der Waals surface area contributed by atoms with Crippen LogP contribution >= 0.6 is 0 Å². The minimum absolute atomic E-state index is 0.181. The molecule has 212 valence electrons. The van der Waals surface area contributed by atoms with Crippen LogP contribution in [0.15, 0.2) is 35.6 Å². The standard InChI is InChI=1S/C30H52O6Si/c1-11-34-27(31)19-23-17-18-30(8,35-23)26(36-37(12-2,13-3)14-4)20-25-22(7)15-16-24(21(5)6)28(25)29(32-9)33-10/h15,17-19,21,24-26,28-29H,11-14,16,20H2,1-10H3/b23-19-/t24-,25+,26-,28-,30+/m1/s1. The average Bonchev–Trinajstić information content (AvgIpc) is 3.25. The van der Waals surface area contributed by atoms with E-state index in [4.69, 9.17) is 23.4 Å². The van der Waals surface area contributed by atoms with Gasteiger partial charge in [-0.2, -0.15) is 0 Å². The Balaban J connectivity index is 2.51. The third-order valence-corrected chi connectivity index (χ3v) is 13.4. The normalized spacial score (nSPS) is 28.1. The van der Waals surface area contributed by atoms with E-state index in [9.17, 15) is 4.79 Å². The zero-order valence-electron chi connectivity index (χ0n) is 25.0. The van der Waals surface area contributed by atoms with Crippen LogP contribution in [0.25, 0.3) is 0 Å². The molecule has 0 radical (unpaired) electrons. The quantitative estimate of drug-likeness (QED) is 0.0780. The molecule has 0 aromatic carbocycles. The van der Waals surface area contributed by atoms with Crippen LogP contribution < -0.4 is 0 Å². The average molecular weight is 537 g/mol. The van der Waals surface area contributed by atoms with Crippen LogP contribution in [0.2, 0.25) is 18.1 Å². The molecule has 0 saturated carbocycles. The highest BCUT2D eigenvalue weighted by Gasteiger charge is 2.48. The first kappa shape index (κ1) is 31.8. The smallest absolute Gasteiger partial charge is 0.334 e. The third kappa shape index (κ3) is 7.58. The van der Waals surface area contributed by atoms with Crippen LogP contribution in [0, 0.1) is 23.7 Å². The van der Waals surface area contributed by atoms with Crippen LogP contribution in [0.1, 0.15) is 68.2 Å². The monoisotopic (exact) mass is 536 g/mol. The Bertz CT molecular complexity index is 818. The number of ether oxygens (including phenoxy) is 4. The summed E-state index contributed by atoms with van der Waals surface area (Å²) in [6, 6.07) is 3.16. The van der Waals surface area contributed by atoms with Gasteiger partial charge in [0.05, 0.1) is 18.8 Å². The molecular weight excluding hydrogens is 484 g/mol. The maximum absolute atomic E-state index is 12.1. The van der Waals surface area contributed by atoms with Crippen molar-refractivity contribution in [1.82, 2.24) is 0 Å². The van der Waals surface area contributed by atoms with E-state index in [2.05, 4.69) is 60.6 Å². The summed E-state index contributed by atoms with van der Waals surface area (Å²) in [4.78, 5) is 12.1. The van der Waals surface area contributed by atoms with E-state index < -0.39 is 19.9 Å². The molecule has 0 aromatic heterocycles. The van der Waals surface area contributed by atoms with E-state index in [1.165, 1.54) is 11.6 Å². The molecule has 0 aromatic rings. The maximum Gasteiger partial charge on any atom is 0.334 e. The number of esters is 1. The predicted octanol–water partition coefficient (Wildman–Crippen LogP) is 7.03.